The highest BCUT2D eigenvalue weighted by Crippen LogP contribution is 2.17. The van der Waals surface area contributed by atoms with Crippen LogP contribution in [-0.4, -0.2) is 31.3 Å². The number of ether oxygens (including phenoxy) is 1. The summed E-state index contributed by atoms with van der Waals surface area (Å²) in [7, 11) is 0. The van der Waals surface area contributed by atoms with Crippen molar-refractivity contribution in [2.45, 2.75) is 57.1 Å². The molecule has 1 atom stereocenters. The van der Waals surface area contributed by atoms with E-state index in [9.17, 15) is 0 Å². The van der Waals surface area contributed by atoms with Crippen molar-refractivity contribution in [2.75, 3.05) is 13.2 Å². The Labute approximate surface area is 97.6 Å². The summed E-state index contributed by atoms with van der Waals surface area (Å²) in [5.74, 6) is 0.599. The maximum Gasteiger partial charge on any atom is 0.188 e. The summed E-state index contributed by atoms with van der Waals surface area (Å²) < 4.78 is 5.50. The Morgan fingerprint density at radius 2 is 2.00 bits per heavy atom. The Balaban J connectivity index is 1.68. The first-order valence-electron chi connectivity index (χ1n) is 6.52. The molecule has 0 aromatic heterocycles. The highest BCUT2D eigenvalue weighted by Gasteiger charge is 2.16. The number of hydrogen-bond acceptors (Lipinski definition) is 2. The molecular formula is C12H23N3O. The van der Waals surface area contributed by atoms with Gasteiger partial charge in [-0.3, -0.25) is 4.99 Å². The maximum atomic E-state index is 5.87. The van der Waals surface area contributed by atoms with Gasteiger partial charge in [0.2, 0.25) is 0 Å². The monoisotopic (exact) mass is 225 g/mol. The van der Waals surface area contributed by atoms with Crippen LogP contribution in [0.3, 0.4) is 0 Å². The van der Waals surface area contributed by atoms with Gasteiger partial charge >= 0.3 is 0 Å². The molecule has 0 unspecified atom stereocenters. The summed E-state index contributed by atoms with van der Waals surface area (Å²) >= 11 is 0. The zero-order valence-electron chi connectivity index (χ0n) is 9.95. The molecule has 0 bridgehead atoms. The van der Waals surface area contributed by atoms with E-state index in [0.717, 1.165) is 19.4 Å². The summed E-state index contributed by atoms with van der Waals surface area (Å²) in [6.45, 7) is 1.60. The molecule has 1 aliphatic heterocycles. The number of rotatable bonds is 3. The lowest BCUT2D eigenvalue weighted by Crippen LogP contribution is -2.41. The molecule has 1 aliphatic carbocycles. The normalized spacial score (nSPS) is 28.2. The molecule has 0 amide bonds. The fourth-order valence-corrected chi connectivity index (χ4v) is 2.49. The standard InChI is InChI=1S/C12H23N3O/c13-12(14-9-11-7-4-8-16-11)15-10-5-2-1-3-6-10/h10-11H,1-9H2,(H3,13,14,15)/t11-/m1/s1. The van der Waals surface area contributed by atoms with Crippen molar-refractivity contribution in [1.82, 2.24) is 5.32 Å². The van der Waals surface area contributed by atoms with Crippen LogP contribution in [0.25, 0.3) is 0 Å². The van der Waals surface area contributed by atoms with Gasteiger partial charge in [-0.15, -0.1) is 0 Å². The second-order valence-corrected chi connectivity index (χ2v) is 4.84. The number of hydrogen-bond donors (Lipinski definition) is 2. The van der Waals surface area contributed by atoms with E-state index in [0.29, 0.717) is 24.7 Å². The van der Waals surface area contributed by atoms with Crippen molar-refractivity contribution >= 4 is 5.96 Å². The quantitative estimate of drug-likeness (QED) is 0.564. The number of nitrogens with zero attached hydrogens (tertiary/aromatic N) is 1. The van der Waals surface area contributed by atoms with E-state index in [-0.39, 0.29) is 0 Å². The SMILES string of the molecule is NC(=NC[C@H]1CCCO1)NC1CCCCC1. The Morgan fingerprint density at radius 1 is 1.19 bits per heavy atom. The lowest BCUT2D eigenvalue weighted by atomic mass is 9.96. The molecule has 2 rings (SSSR count). The van der Waals surface area contributed by atoms with Crippen LogP contribution in [0.1, 0.15) is 44.9 Å². The van der Waals surface area contributed by atoms with Gasteiger partial charge < -0.3 is 15.8 Å². The van der Waals surface area contributed by atoms with Gasteiger partial charge in [-0.2, -0.15) is 0 Å². The molecule has 2 aliphatic rings. The topological polar surface area (TPSA) is 59.6 Å². The Bertz CT molecular complexity index is 230. The minimum absolute atomic E-state index is 0.298. The van der Waals surface area contributed by atoms with Crippen LogP contribution < -0.4 is 11.1 Å². The van der Waals surface area contributed by atoms with E-state index in [1.165, 1.54) is 32.1 Å². The molecule has 0 radical (unpaired) electrons. The third-order valence-electron chi connectivity index (χ3n) is 3.45. The summed E-state index contributed by atoms with van der Waals surface area (Å²) in [5, 5.41) is 3.31. The van der Waals surface area contributed by atoms with Gasteiger partial charge in [-0.05, 0) is 25.7 Å². The average Bonchev–Trinajstić information content (AvgIpc) is 2.81. The van der Waals surface area contributed by atoms with Crippen molar-refractivity contribution in [1.29, 1.82) is 0 Å². The van der Waals surface area contributed by atoms with Crippen LogP contribution in [0.2, 0.25) is 0 Å². The molecule has 1 saturated carbocycles. The molecule has 0 aromatic carbocycles. The predicted molar refractivity (Wildman–Crippen MR) is 65.5 cm³/mol. The van der Waals surface area contributed by atoms with Crippen molar-refractivity contribution in [3.05, 3.63) is 0 Å². The smallest absolute Gasteiger partial charge is 0.188 e. The van der Waals surface area contributed by atoms with Gasteiger partial charge in [0, 0.05) is 12.6 Å². The number of guanidine groups is 1. The van der Waals surface area contributed by atoms with E-state index >= 15 is 0 Å². The van der Waals surface area contributed by atoms with Crippen LogP contribution >= 0.6 is 0 Å². The second-order valence-electron chi connectivity index (χ2n) is 4.84. The number of aliphatic imine (C=N–C) groups is 1. The minimum atomic E-state index is 0.298. The predicted octanol–water partition coefficient (Wildman–Crippen LogP) is 1.40. The molecule has 0 aromatic rings. The van der Waals surface area contributed by atoms with E-state index in [1.807, 2.05) is 0 Å². The molecule has 4 heteroatoms. The van der Waals surface area contributed by atoms with E-state index in [2.05, 4.69) is 10.3 Å². The van der Waals surface area contributed by atoms with Crippen molar-refractivity contribution < 1.29 is 4.74 Å². The summed E-state index contributed by atoms with van der Waals surface area (Å²) in [6, 6.07) is 0.544. The van der Waals surface area contributed by atoms with Gasteiger partial charge in [0.1, 0.15) is 0 Å². The molecule has 3 N–H and O–H groups in total. The third-order valence-corrected chi connectivity index (χ3v) is 3.45. The van der Waals surface area contributed by atoms with E-state index in [1.54, 1.807) is 0 Å². The first-order valence-corrected chi connectivity index (χ1v) is 6.52. The molecular weight excluding hydrogens is 202 g/mol. The Hall–Kier alpha value is -0.770. The lowest BCUT2D eigenvalue weighted by molar-refractivity contribution is 0.117. The summed E-state index contributed by atoms with van der Waals surface area (Å²) in [5.41, 5.74) is 5.87. The van der Waals surface area contributed by atoms with Crippen LogP contribution in [-0.2, 0) is 4.74 Å². The average molecular weight is 225 g/mol. The number of nitrogens with two attached hydrogens (primary N) is 1. The number of nitrogens with one attached hydrogen (secondary N) is 1. The fourth-order valence-electron chi connectivity index (χ4n) is 2.49. The Kier molecular flexibility index (Phi) is 4.45. The summed E-state index contributed by atoms with van der Waals surface area (Å²) in [4.78, 5) is 4.36. The molecule has 4 nitrogen and oxygen atoms in total. The van der Waals surface area contributed by atoms with Crippen LogP contribution in [0.15, 0.2) is 4.99 Å². The maximum absolute atomic E-state index is 5.87. The molecule has 1 heterocycles. The van der Waals surface area contributed by atoms with Gasteiger partial charge in [0.15, 0.2) is 5.96 Å². The van der Waals surface area contributed by atoms with Crippen molar-refractivity contribution in [3.8, 4) is 0 Å². The largest absolute Gasteiger partial charge is 0.376 e. The molecule has 92 valence electrons. The zero-order chi connectivity index (χ0) is 11.2. The molecule has 16 heavy (non-hydrogen) atoms. The molecule has 0 spiro atoms. The van der Waals surface area contributed by atoms with Crippen molar-refractivity contribution in [2.24, 2.45) is 10.7 Å². The van der Waals surface area contributed by atoms with Gasteiger partial charge in [-0.1, -0.05) is 19.3 Å². The first-order chi connectivity index (χ1) is 7.84. The molecule has 2 fully saturated rings. The van der Waals surface area contributed by atoms with Gasteiger partial charge in [0.05, 0.1) is 12.6 Å². The zero-order valence-corrected chi connectivity index (χ0v) is 9.95. The lowest BCUT2D eigenvalue weighted by Gasteiger charge is -2.23. The van der Waals surface area contributed by atoms with E-state index in [4.69, 9.17) is 10.5 Å². The van der Waals surface area contributed by atoms with Gasteiger partial charge in [0.25, 0.3) is 0 Å². The highest BCUT2D eigenvalue weighted by molar-refractivity contribution is 5.78. The van der Waals surface area contributed by atoms with E-state index < -0.39 is 0 Å². The van der Waals surface area contributed by atoms with Gasteiger partial charge in [-0.25, -0.2) is 0 Å². The molecule has 1 saturated heterocycles. The first kappa shape index (κ1) is 11.7. The minimum Gasteiger partial charge on any atom is -0.376 e. The van der Waals surface area contributed by atoms with Crippen LogP contribution in [0.5, 0.6) is 0 Å². The third kappa shape index (κ3) is 3.67. The van der Waals surface area contributed by atoms with Crippen molar-refractivity contribution in [3.63, 3.8) is 0 Å². The Morgan fingerprint density at radius 3 is 2.69 bits per heavy atom. The fraction of sp³-hybridized carbons (Fsp3) is 0.917. The highest BCUT2D eigenvalue weighted by atomic mass is 16.5. The van der Waals surface area contributed by atoms with Crippen LogP contribution in [0, 0.1) is 0 Å². The second kappa shape index (κ2) is 6.09. The van der Waals surface area contributed by atoms with Crippen LogP contribution in [0.4, 0.5) is 0 Å². The summed E-state index contributed by atoms with van der Waals surface area (Å²) in [6.07, 6.45) is 9.05.